The van der Waals surface area contributed by atoms with E-state index in [4.69, 9.17) is 10.2 Å². The molecular weight excluding hydrogens is 370 g/mol. The second kappa shape index (κ2) is 13.7. The summed E-state index contributed by atoms with van der Waals surface area (Å²) in [4.78, 5) is 11.4. The average molecular weight is 418 g/mol. The van der Waals surface area contributed by atoms with Crippen LogP contribution >= 0.6 is 0 Å². The van der Waals surface area contributed by atoms with E-state index in [0.29, 0.717) is 12.3 Å². The SMILES string of the molecule is COC(=O)C(C)C(O)CCCCCCC(CCCN)CO[Si](C)(C)C(C)(C)C. The van der Waals surface area contributed by atoms with Gasteiger partial charge in [-0.05, 0) is 63.2 Å². The minimum absolute atomic E-state index is 0.244. The summed E-state index contributed by atoms with van der Waals surface area (Å²) < 4.78 is 11.1. The zero-order valence-electron chi connectivity index (χ0n) is 19.6. The fourth-order valence-electron chi connectivity index (χ4n) is 2.99. The van der Waals surface area contributed by atoms with E-state index in [1.54, 1.807) is 6.92 Å². The highest BCUT2D eigenvalue weighted by Crippen LogP contribution is 2.37. The van der Waals surface area contributed by atoms with Crippen LogP contribution in [0.4, 0.5) is 0 Å². The van der Waals surface area contributed by atoms with Gasteiger partial charge in [-0.2, -0.15) is 0 Å². The van der Waals surface area contributed by atoms with Crippen LogP contribution in [0.2, 0.25) is 18.1 Å². The van der Waals surface area contributed by atoms with Gasteiger partial charge >= 0.3 is 5.97 Å². The monoisotopic (exact) mass is 417 g/mol. The molecule has 3 atom stereocenters. The van der Waals surface area contributed by atoms with E-state index >= 15 is 0 Å². The van der Waals surface area contributed by atoms with Gasteiger partial charge in [-0.25, -0.2) is 0 Å². The zero-order valence-corrected chi connectivity index (χ0v) is 20.6. The summed E-state index contributed by atoms with van der Waals surface area (Å²) in [6.45, 7) is 14.8. The van der Waals surface area contributed by atoms with Gasteiger partial charge in [-0.3, -0.25) is 4.79 Å². The molecule has 168 valence electrons. The molecule has 0 radical (unpaired) electrons. The summed E-state index contributed by atoms with van der Waals surface area (Å²) in [6, 6.07) is 0. The topological polar surface area (TPSA) is 81.8 Å². The van der Waals surface area contributed by atoms with Crippen molar-refractivity contribution < 1.29 is 19.1 Å². The predicted octanol–water partition coefficient (Wildman–Crippen LogP) is 4.87. The van der Waals surface area contributed by atoms with Gasteiger partial charge in [0.15, 0.2) is 8.32 Å². The van der Waals surface area contributed by atoms with Crippen LogP contribution in [-0.4, -0.2) is 45.8 Å². The Hall–Kier alpha value is -0.433. The number of carbonyl (C=O) groups is 1. The van der Waals surface area contributed by atoms with E-state index in [1.165, 1.54) is 20.0 Å². The Kier molecular flexibility index (Phi) is 13.5. The third kappa shape index (κ3) is 10.9. The first-order chi connectivity index (χ1) is 13.0. The molecule has 0 rings (SSSR count). The number of methoxy groups -OCH3 is 1. The van der Waals surface area contributed by atoms with E-state index in [2.05, 4.69) is 38.6 Å². The van der Waals surface area contributed by atoms with Crippen molar-refractivity contribution in [2.75, 3.05) is 20.3 Å². The first-order valence-electron chi connectivity index (χ1n) is 11.1. The number of esters is 1. The van der Waals surface area contributed by atoms with E-state index in [-0.39, 0.29) is 11.0 Å². The molecule has 0 aliphatic carbocycles. The number of ether oxygens (including phenoxy) is 1. The van der Waals surface area contributed by atoms with Crippen LogP contribution in [0.5, 0.6) is 0 Å². The smallest absolute Gasteiger partial charge is 0.311 e. The third-order valence-electron chi connectivity index (χ3n) is 6.31. The molecule has 0 heterocycles. The number of carbonyl (C=O) groups excluding carboxylic acids is 1. The zero-order chi connectivity index (χ0) is 21.8. The highest BCUT2D eigenvalue weighted by Gasteiger charge is 2.37. The molecule has 3 unspecified atom stereocenters. The molecule has 0 aromatic carbocycles. The number of hydrogen-bond acceptors (Lipinski definition) is 5. The second-order valence-corrected chi connectivity index (χ2v) is 14.5. The molecule has 6 heteroatoms. The average Bonchev–Trinajstić information content (AvgIpc) is 2.63. The van der Waals surface area contributed by atoms with Gasteiger partial charge in [0.1, 0.15) is 0 Å². The molecule has 5 nitrogen and oxygen atoms in total. The molecule has 0 saturated carbocycles. The minimum atomic E-state index is -1.70. The Bertz CT molecular complexity index is 423. The summed E-state index contributed by atoms with van der Waals surface area (Å²) in [7, 11) is -0.337. The van der Waals surface area contributed by atoms with Crippen LogP contribution in [0, 0.1) is 11.8 Å². The van der Waals surface area contributed by atoms with Gasteiger partial charge in [-0.15, -0.1) is 0 Å². The molecule has 0 spiro atoms. The summed E-state index contributed by atoms with van der Waals surface area (Å²) in [6.07, 6.45) is 7.77. The maximum absolute atomic E-state index is 11.4. The fourth-order valence-corrected chi connectivity index (χ4v) is 4.08. The van der Waals surface area contributed by atoms with Gasteiger partial charge in [0, 0.05) is 6.61 Å². The van der Waals surface area contributed by atoms with Gasteiger partial charge in [0.2, 0.25) is 0 Å². The van der Waals surface area contributed by atoms with Gasteiger partial charge in [0.25, 0.3) is 0 Å². The maximum Gasteiger partial charge on any atom is 0.311 e. The lowest BCUT2D eigenvalue weighted by molar-refractivity contribution is -0.148. The largest absolute Gasteiger partial charge is 0.469 e. The number of nitrogens with two attached hydrogens (primary N) is 1. The lowest BCUT2D eigenvalue weighted by atomic mass is 9.95. The number of rotatable bonds is 15. The number of hydrogen-bond donors (Lipinski definition) is 2. The normalized spacial score (nSPS) is 15.9. The molecule has 0 aromatic rings. The maximum atomic E-state index is 11.4. The van der Waals surface area contributed by atoms with Crippen molar-refractivity contribution in [2.24, 2.45) is 17.6 Å². The van der Waals surface area contributed by atoms with Crippen LogP contribution in [0.3, 0.4) is 0 Å². The highest BCUT2D eigenvalue weighted by atomic mass is 28.4. The van der Waals surface area contributed by atoms with Crippen LogP contribution in [0.1, 0.15) is 79.1 Å². The standard InChI is InChI=1S/C22H47NO4Si/c1-18(21(25)26-5)20(24)15-11-9-8-10-13-19(14-12-16-23)17-27-28(6,7)22(2,3)4/h18-20,24H,8-17,23H2,1-7H3. The van der Waals surface area contributed by atoms with E-state index in [9.17, 15) is 9.90 Å². The predicted molar refractivity (Wildman–Crippen MR) is 120 cm³/mol. The molecule has 0 saturated heterocycles. The fraction of sp³-hybridized carbons (Fsp3) is 0.955. The highest BCUT2D eigenvalue weighted by molar-refractivity contribution is 6.74. The molecule has 0 aliphatic rings. The molecule has 0 aromatic heterocycles. The molecule has 0 bridgehead atoms. The lowest BCUT2D eigenvalue weighted by Crippen LogP contribution is -2.42. The number of unbranched alkanes of at least 4 members (excludes halogenated alkanes) is 3. The Morgan fingerprint density at radius 3 is 2.07 bits per heavy atom. The third-order valence-corrected chi connectivity index (χ3v) is 10.8. The summed E-state index contributed by atoms with van der Waals surface area (Å²) in [5.41, 5.74) is 5.72. The molecular formula is C22H47NO4Si. The summed E-state index contributed by atoms with van der Waals surface area (Å²) in [5.74, 6) is -0.197. The first kappa shape index (κ1) is 27.6. The van der Waals surface area contributed by atoms with Crippen molar-refractivity contribution in [3.05, 3.63) is 0 Å². The molecule has 3 N–H and O–H groups in total. The van der Waals surface area contributed by atoms with Gasteiger partial charge in [-0.1, -0.05) is 46.5 Å². The van der Waals surface area contributed by atoms with Crippen molar-refractivity contribution in [3.8, 4) is 0 Å². The first-order valence-corrected chi connectivity index (χ1v) is 14.0. The van der Waals surface area contributed by atoms with Crippen molar-refractivity contribution in [3.63, 3.8) is 0 Å². The van der Waals surface area contributed by atoms with Crippen LogP contribution in [0.25, 0.3) is 0 Å². The Balaban J connectivity index is 4.18. The molecule has 0 fully saturated rings. The summed E-state index contributed by atoms with van der Waals surface area (Å²) in [5, 5.41) is 10.3. The van der Waals surface area contributed by atoms with E-state index in [1.807, 2.05) is 0 Å². The lowest BCUT2D eigenvalue weighted by Gasteiger charge is -2.37. The van der Waals surface area contributed by atoms with Crippen molar-refractivity contribution in [2.45, 2.75) is 103 Å². The number of aliphatic hydroxyl groups is 1. The Morgan fingerprint density at radius 2 is 1.57 bits per heavy atom. The second-order valence-electron chi connectivity index (χ2n) is 9.74. The molecule has 0 amide bonds. The summed E-state index contributed by atoms with van der Waals surface area (Å²) >= 11 is 0. The van der Waals surface area contributed by atoms with Crippen molar-refractivity contribution in [1.29, 1.82) is 0 Å². The quantitative estimate of drug-likeness (QED) is 0.225. The molecule has 0 aliphatic heterocycles. The Morgan fingerprint density at radius 1 is 1.04 bits per heavy atom. The van der Waals surface area contributed by atoms with E-state index in [0.717, 1.165) is 45.3 Å². The molecule has 28 heavy (non-hydrogen) atoms. The minimum Gasteiger partial charge on any atom is -0.469 e. The van der Waals surface area contributed by atoms with E-state index < -0.39 is 20.3 Å². The Labute approximate surface area is 174 Å². The van der Waals surface area contributed by atoms with Crippen LogP contribution in [0.15, 0.2) is 0 Å². The van der Waals surface area contributed by atoms with Crippen LogP contribution < -0.4 is 5.73 Å². The van der Waals surface area contributed by atoms with Gasteiger partial charge in [0.05, 0.1) is 19.1 Å². The van der Waals surface area contributed by atoms with Crippen molar-refractivity contribution >= 4 is 14.3 Å². The van der Waals surface area contributed by atoms with Gasteiger partial charge < -0.3 is 20.0 Å². The van der Waals surface area contributed by atoms with Crippen LogP contribution in [-0.2, 0) is 14.0 Å². The number of aliphatic hydroxyl groups excluding tert-OH is 1. The van der Waals surface area contributed by atoms with Crippen molar-refractivity contribution in [1.82, 2.24) is 0 Å².